The number of carbonyl (C=O) groups is 1. The topological polar surface area (TPSA) is 66.5 Å². The lowest BCUT2D eigenvalue weighted by Crippen LogP contribution is -2.42. The number of nitrogens with zero attached hydrogens (tertiary/aromatic N) is 1. The van der Waals surface area contributed by atoms with Gasteiger partial charge in [-0.1, -0.05) is 13.0 Å². The average molecular weight is 345 g/mol. The monoisotopic (exact) mass is 344 g/mol. The van der Waals surface area contributed by atoms with Crippen molar-refractivity contribution in [3.05, 3.63) is 22.4 Å². The van der Waals surface area contributed by atoms with Crippen LogP contribution in [-0.4, -0.2) is 42.9 Å². The zero-order valence-corrected chi connectivity index (χ0v) is 15.0. The summed E-state index contributed by atoms with van der Waals surface area (Å²) in [5.41, 5.74) is 0. The third-order valence-electron chi connectivity index (χ3n) is 4.34. The summed E-state index contributed by atoms with van der Waals surface area (Å²) >= 11 is 1.62. The summed E-state index contributed by atoms with van der Waals surface area (Å²) < 4.78 is 23.6. The summed E-state index contributed by atoms with van der Waals surface area (Å²) in [6, 6.07) is 3.79. The highest BCUT2D eigenvalue weighted by molar-refractivity contribution is 7.92. The fourth-order valence-electron chi connectivity index (χ4n) is 2.49. The second-order valence-electron chi connectivity index (χ2n) is 6.24. The molecule has 1 aromatic rings. The summed E-state index contributed by atoms with van der Waals surface area (Å²) in [7, 11) is -3.16. The standard InChI is InChI=1S/C15H24N2O3S2/c1-4-12(13-6-5-10-21-13)16-14(18)17-8-7-15(2,3)22(19,20)11-9-17/h5-6,10,12H,4,7-9,11H2,1-3H3,(H,16,18). The Morgan fingerprint density at radius 2 is 2.18 bits per heavy atom. The van der Waals surface area contributed by atoms with Gasteiger partial charge in [-0.25, -0.2) is 13.2 Å². The van der Waals surface area contributed by atoms with Crippen LogP contribution in [0.15, 0.2) is 17.5 Å². The number of carbonyl (C=O) groups excluding carboxylic acids is 1. The minimum atomic E-state index is -3.16. The number of rotatable bonds is 3. The molecule has 0 bridgehead atoms. The van der Waals surface area contributed by atoms with E-state index in [1.54, 1.807) is 30.1 Å². The van der Waals surface area contributed by atoms with Gasteiger partial charge in [-0.05, 0) is 38.1 Å². The molecule has 0 spiro atoms. The molecular weight excluding hydrogens is 320 g/mol. The van der Waals surface area contributed by atoms with Gasteiger partial charge in [-0.15, -0.1) is 11.3 Å². The molecule has 1 aromatic heterocycles. The molecule has 5 nitrogen and oxygen atoms in total. The van der Waals surface area contributed by atoms with Crippen LogP contribution in [0, 0.1) is 0 Å². The number of urea groups is 1. The van der Waals surface area contributed by atoms with Crippen molar-refractivity contribution in [1.82, 2.24) is 10.2 Å². The summed E-state index contributed by atoms with van der Waals surface area (Å²) in [6.45, 7) is 6.24. The number of sulfone groups is 1. The SMILES string of the molecule is CCC(NC(=O)N1CCC(C)(C)S(=O)(=O)CC1)c1cccs1. The van der Waals surface area contributed by atoms with E-state index in [1.807, 2.05) is 24.4 Å². The maximum absolute atomic E-state index is 12.5. The van der Waals surface area contributed by atoms with E-state index in [-0.39, 0.29) is 24.4 Å². The first-order valence-electron chi connectivity index (χ1n) is 7.58. The van der Waals surface area contributed by atoms with Crippen molar-refractivity contribution in [3.8, 4) is 0 Å². The summed E-state index contributed by atoms with van der Waals surface area (Å²) in [5, 5.41) is 5.02. The lowest BCUT2D eigenvalue weighted by atomic mass is 10.1. The lowest BCUT2D eigenvalue weighted by molar-refractivity contribution is 0.196. The van der Waals surface area contributed by atoms with Gasteiger partial charge in [0.25, 0.3) is 0 Å². The van der Waals surface area contributed by atoms with Crippen molar-refractivity contribution in [1.29, 1.82) is 0 Å². The highest BCUT2D eigenvalue weighted by atomic mass is 32.2. The van der Waals surface area contributed by atoms with Crippen molar-refractivity contribution >= 4 is 27.2 Å². The Bertz CT molecular complexity index is 609. The predicted octanol–water partition coefficient (Wildman–Crippen LogP) is 2.81. The first-order chi connectivity index (χ1) is 10.3. The first kappa shape index (κ1) is 17.3. The molecule has 0 radical (unpaired) electrons. The van der Waals surface area contributed by atoms with E-state index in [0.717, 1.165) is 11.3 Å². The maximum Gasteiger partial charge on any atom is 0.317 e. The van der Waals surface area contributed by atoms with E-state index >= 15 is 0 Å². The van der Waals surface area contributed by atoms with E-state index in [1.165, 1.54) is 0 Å². The Morgan fingerprint density at radius 1 is 1.45 bits per heavy atom. The molecule has 2 rings (SSSR count). The number of hydrogen-bond acceptors (Lipinski definition) is 4. The highest BCUT2D eigenvalue weighted by Crippen LogP contribution is 2.26. The van der Waals surface area contributed by atoms with E-state index < -0.39 is 14.6 Å². The Labute approximate surface area is 136 Å². The Morgan fingerprint density at radius 3 is 2.77 bits per heavy atom. The number of nitrogens with one attached hydrogen (secondary N) is 1. The molecule has 2 heterocycles. The van der Waals surface area contributed by atoms with Crippen LogP contribution in [0.1, 0.15) is 44.5 Å². The number of amides is 2. The predicted molar refractivity (Wildman–Crippen MR) is 89.9 cm³/mol. The number of hydrogen-bond donors (Lipinski definition) is 1. The van der Waals surface area contributed by atoms with Gasteiger partial charge in [0.15, 0.2) is 9.84 Å². The van der Waals surface area contributed by atoms with E-state index in [0.29, 0.717) is 13.0 Å². The lowest BCUT2D eigenvalue weighted by Gasteiger charge is -2.25. The van der Waals surface area contributed by atoms with Crippen LogP contribution in [0.4, 0.5) is 4.79 Å². The van der Waals surface area contributed by atoms with Crippen LogP contribution >= 0.6 is 11.3 Å². The molecule has 0 saturated carbocycles. The van der Waals surface area contributed by atoms with Gasteiger partial charge in [0.2, 0.25) is 0 Å². The molecule has 7 heteroatoms. The van der Waals surface area contributed by atoms with Crippen molar-refractivity contribution in [2.75, 3.05) is 18.8 Å². The van der Waals surface area contributed by atoms with Crippen LogP contribution in [0.25, 0.3) is 0 Å². The van der Waals surface area contributed by atoms with Crippen LogP contribution in [0.2, 0.25) is 0 Å². The largest absolute Gasteiger partial charge is 0.330 e. The quantitative estimate of drug-likeness (QED) is 0.917. The van der Waals surface area contributed by atoms with Crippen molar-refractivity contribution in [2.45, 2.75) is 44.4 Å². The van der Waals surface area contributed by atoms with Crippen molar-refractivity contribution in [2.24, 2.45) is 0 Å². The fourth-order valence-corrected chi connectivity index (χ4v) is 4.76. The molecule has 124 valence electrons. The molecule has 1 aliphatic heterocycles. The smallest absolute Gasteiger partial charge is 0.317 e. The van der Waals surface area contributed by atoms with Gasteiger partial charge >= 0.3 is 6.03 Å². The van der Waals surface area contributed by atoms with E-state index in [2.05, 4.69) is 5.32 Å². The van der Waals surface area contributed by atoms with Crippen LogP contribution in [-0.2, 0) is 9.84 Å². The van der Waals surface area contributed by atoms with Gasteiger partial charge in [0, 0.05) is 18.0 Å². The summed E-state index contributed by atoms with van der Waals surface area (Å²) in [5.74, 6) is 0.0310. The van der Waals surface area contributed by atoms with E-state index in [4.69, 9.17) is 0 Å². The first-order valence-corrected chi connectivity index (χ1v) is 10.1. The third kappa shape index (κ3) is 3.63. The van der Waals surface area contributed by atoms with Gasteiger partial charge < -0.3 is 10.2 Å². The molecule has 0 aromatic carbocycles. The Kier molecular flexibility index (Phi) is 5.17. The summed E-state index contributed by atoms with van der Waals surface area (Å²) in [4.78, 5) is 15.2. The fraction of sp³-hybridized carbons (Fsp3) is 0.667. The molecule has 22 heavy (non-hydrogen) atoms. The summed E-state index contributed by atoms with van der Waals surface area (Å²) in [6.07, 6.45) is 1.28. The number of thiophene rings is 1. The molecule has 1 fully saturated rings. The minimum absolute atomic E-state index is 0.0135. The highest BCUT2D eigenvalue weighted by Gasteiger charge is 2.38. The zero-order chi connectivity index (χ0) is 16.4. The molecule has 1 saturated heterocycles. The van der Waals surface area contributed by atoms with Gasteiger partial charge in [0.05, 0.1) is 16.5 Å². The van der Waals surface area contributed by atoms with Crippen LogP contribution in [0.3, 0.4) is 0 Å². The molecule has 1 unspecified atom stereocenters. The van der Waals surface area contributed by atoms with Crippen LogP contribution < -0.4 is 5.32 Å². The third-order valence-corrected chi connectivity index (χ3v) is 7.93. The second kappa shape index (κ2) is 6.58. The van der Waals surface area contributed by atoms with Gasteiger partial charge in [-0.2, -0.15) is 0 Å². The molecule has 1 aliphatic rings. The normalized spacial score (nSPS) is 21.9. The molecule has 1 atom stereocenters. The van der Waals surface area contributed by atoms with Crippen molar-refractivity contribution < 1.29 is 13.2 Å². The molecular formula is C15H24N2O3S2. The molecule has 0 aliphatic carbocycles. The maximum atomic E-state index is 12.5. The van der Waals surface area contributed by atoms with Gasteiger partial charge in [0.1, 0.15) is 0 Å². The Hall–Kier alpha value is -1.08. The van der Waals surface area contributed by atoms with Crippen LogP contribution in [0.5, 0.6) is 0 Å². The van der Waals surface area contributed by atoms with Crippen molar-refractivity contribution in [3.63, 3.8) is 0 Å². The molecule has 2 amide bonds. The molecule has 1 N–H and O–H groups in total. The minimum Gasteiger partial charge on any atom is -0.330 e. The zero-order valence-electron chi connectivity index (χ0n) is 13.3. The van der Waals surface area contributed by atoms with E-state index in [9.17, 15) is 13.2 Å². The Balaban J connectivity index is 2.04. The average Bonchev–Trinajstić information content (AvgIpc) is 2.94. The van der Waals surface area contributed by atoms with Gasteiger partial charge in [-0.3, -0.25) is 0 Å². The second-order valence-corrected chi connectivity index (χ2v) is 9.96.